The monoisotopic (exact) mass is 311 g/mol. The predicted octanol–water partition coefficient (Wildman–Crippen LogP) is 1.36. The lowest BCUT2D eigenvalue weighted by Gasteiger charge is -2.34. The molecule has 2 amide bonds. The average molecular weight is 312 g/mol. The van der Waals surface area contributed by atoms with Crippen LogP contribution in [0.5, 0.6) is 0 Å². The van der Waals surface area contributed by atoms with Crippen LogP contribution in [0.3, 0.4) is 0 Å². The maximum Gasteiger partial charge on any atom is 0.242 e. The lowest BCUT2D eigenvalue weighted by molar-refractivity contribution is -0.141. The van der Waals surface area contributed by atoms with Crippen LogP contribution in [0.4, 0.5) is 5.69 Å². The molecule has 3 N–H and O–H groups in total. The van der Waals surface area contributed by atoms with E-state index < -0.39 is 0 Å². The molecule has 1 aliphatic rings. The first-order valence-corrected chi connectivity index (χ1v) is 6.97. The van der Waals surface area contributed by atoms with Crippen LogP contribution < -0.4 is 11.1 Å². The van der Waals surface area contributed by atoms with Gasteiger partial charge >= 0.3 is 0 Å². The molecule has 0 spiro atoms. The zero-order valence-corrected chi connectivity index (χ0v) is 13.0. The Balaban J connectivity index is 0.00000220. The fourth-order valence-corrected chi connectivity index (χ4v) is 2.58. The summed E-state index contributed by atoms with van der Waals surface area (Å²) in [6.45, 7) is 0.659. The standard InChI is InChI=1S/C15H21N3O2.ClH/c1-17-15(20)13-4-2-3-9-18(13)14(19)10-11-5-7-12(16)8-6-11;/h5-8,13H,2-4,9-10,16H2,1H3,(H,17,20);1H. The Kier molecular flexibility index (Phi) is 6.49. The van der Waals surface area contributed by atoms with Crippen LogP contribution in [-0.4, -0.2) is 36.3 Å². The van der Waals surface area contributed by atoms with Crippen molar-refractivity contribution >= 4 is 29.9 Å². The molecule has 1 aromatic carbocycles. The third-order valence-electron chi connectivity index (χ3n) is 3.71. The van der Waals surface area contributed by atoms with Gasteiger partial charge < -0.3 is 16.0 Å². The number of nitrogens with zero attached hydrogens (tertiary/aromatic N) is 1. The highest BCUT2D eigenvalue weighted by Crippen LogP contribution is 2.19. The molecular weight excluding hydrogens is 290 g/mol. The Bertz CT molecular complexity index is 490. The molecule has 0 radical (unpaired) electrons. The van der Waals surface area contributed by atoms with Gasteiger partial charge in [0.15, 0.2) is 0 Å². The van der Waals surface area contributed by atoms with Gasteiger partial charge in [-0.1, -0.05) is 12.1 Å². The van der Waals surface area contributed by atoms with Gasteiger partial charge in [-0.15, -0.1) is 12.4 Å². The van der Waals surface area contributed by atoms with Crippen LogP contribution in [0.1, 0.15) is 24.8 Å². The number of piperidine rings is 1. The minimum Gasteiger partial charge on any atom is -0.399 e. The number of rotatable bonds is 3. The molecule has 1 aromatic rings. The van der Waals surface area contributed by atoms with Crippen molar-refractivity contribution in [1.29, 1.82) is 0 Å². The van der Waals surface area contributed by atoms with Crippen LogP contribution in [0.25, 0.3) is 0 Å². The molecular formula is C15H22ClN3O2. The first kappa shape index (κ1) is 17.3. The van der Waals surface area contributed by atoms with Crippen molar-refractivity contribution in [3.63, 3.8) is 0 Å². The first-order chi connectivity index (χ1) is 9.61. The molecule has 2 rings (SSSR count). The van der Waals surface area contributed by atoms with Crippen LogP contribution in [-0.2, 0) is 16.0 Å². The number of nitrogen functional groups attached to an aromatic ring is 1. The van der Waals surface area contributed by atoms with Gasteiger partial charge in [-0.2, -0.15) is 0 Å². The Morgan fingerprint density at radius 1 is 1.29 bits per heavy atom. The number of nitrogens with one attached hydrogen (secondary N) is 1. The summed E-state index contributed by atoms with van der Waals surface area (Å²) in [5.41, 5.74) is 7.24. The van der Waals surface area contributed by atoms with Crippen molar-refractivity contribution in [2.45, 2.75) is 31.7 Å². The fourth-order valence-electron chi connectivity index (χ4n) is 2.58. The summed E-state index contributed by atoms with van der Waals surface area (Å²) in [6.07, 6.45) is 3.01. The second-order valence-corrected chi connectivity index (χ2v) is 5.13. The highest BCUT2D eigenvalue weighted by molar-refractivity contribution is 5.88. The Labute approximate surface area is 131 Å². The Hall–Kier alpha value is -1.75. The van der Waals surface area contributed by atoms with Crippen molar-refractivity contribution in [2.24, 2.45) is 0 Å². The summed E-state index contributed by atoms with van der Waals surface area (Å²) in [5.74, 6) is -0.0709. The molecule has 1 fully saturated rings. The van der Waals surface area contributed by atoms with E-state index in [1.807, 2.05) is 12.1 Å². The molecule has 1 heterocycles. The predicted molar refractivity (Wildman–Crippen MR) is 85.2 cm³/mol. The van der Waals surface area contributed by atoms with Crippen LogP contribution in [0, 0.1) is 0 Å². The molecule has 6 heteroatoms. The number of halogens is 1. The van der Waals surface area contributed by atoms with Crippen molar-refractivity contribution in [1.82, 2.24) is 10.2 Å². The van der Waals surface area contributed by atoms with Gasteiger partial charge in [-0.3, -0.25) is 9.59 Å². The van der Waals surface area contributed by atoms with E-state index in [0.717, 1.165) is 24.8 Å². The van der Waals surface area contributed by atoms with E-state index >= 15 is 0 Å². The molecule has 0 bridgehead atoms. The van der Waals surface area contributed by atoms with Gasteiger partial charge in [0, 0.05) is 19.3 Å². The van der Waals surface area contributed by atoms with E-state index in [9.17, 15) is 9.59 Å². The number of anilines is 1. The summed E-state index contributed by atoms with van der Waals surface area (Å²) < 4.78 is 0. The summed E-state index contributed by atoms with van der Waals surface area (Å²) in [5, 5.41) is 2.64. The lowest BCUT2D eigenvalue weighted by atomic mass is 10.00. The van der Waals surface area contributed by atoms with Gasteiger partial charge in [0.2, 0.25) is 11.8 Å². The molecule has 1 unspecified atom stereocenters. The third kappa shape index (κ3) is 4.36. The molecule has 1 aliphatic heterocycles. The number of carbonyl (C=O) groups excluding carboxylic acids is 2. The van der Waals surface area contributed by atoms with E-state index in [-0.39, 0.29) is 30.3 Å². The van der Waals surface area contributed by atoms with Crippen molar-refractivity contribution in [2.75, 3.05) is 19.3 Å². The zero-order valence-electron chi connectivity index (χ0n) is 12.2. The SMILES string of the molecule is CNC(=O)C1CCCCN1C(=O)Cc1ccc(N)cc1.Cl. The van der Waals surface area contributed by atoms with Crippen LogP contribution in [0.15, 0.2) is 24.3 Å². The van der Waals surface area contributed by atoms with Crippen molar-refractivity contribution < 1.29 is 9.59 Å². The first-order valence-electron chi connectivity index (χ1n) is 6.97. The van der Waals surface area contributed by atoms with E-state index in [1.54, 1.807) is 24.1 Å². The van der Waals surface area contributed by atoms with Gasteiger partial charge in [0.1, 0.15) is 6.04 Å². The van der Waals surface area contributed by atoms with Crippen LogP contribution in [0.2, 0.25) is 0 Å². The van der Waals surface area contributed by atoms with Crippen molar-refractivity contribution in [3.8, 4) is 0 Å². The number of hydrogen-bond donors (Lipinski definition) is 2. The number of likely N-dealkylation sites (tertiary alicyclic amines) is 1. The molecule has 116 valence electrons. The molecule has 1 atom stereocenters. The zero-order chi connectivity index (χ0) is 14.5. The molecule has 1 saturated heterocycles. The van der Waals surface area contributed by atoms with Gasteiger partial charge in [0.05, 0.1) is 6.42 Å². The van der Waals surface area contributed by atoms with E-state index in [4.69, 9.17) is 5.73 Å². The maximum atomic E-state index is 12.4. The number of nitrogens with two attached hydrogens (primary N) is 1. The Morgan fingerprint density at radius 3 is 2.57 bits per heavy atom. The molecule has 0 aliphatic carbocycles. The summed E-state index contributed by atoms with van der Waals surface area (Å²) in [7, 11) is 1.61. The van der Waals surface area contributed by atoms with E-state index in [1.165, 1.54) is 0 Å². The number of amides is 2. The summed E-state index contributed by atoms with van der Waals surface area (Å²) >= 11 is 0. The normalized spacial score (nSPS) is 17.8. The highest BCUT2D eigenvalue weighted by Gasteiger charge is 2.31. The second-order valence-electron chi connectivity index (χ2n) is 5.13. The smallest absolute Gasteiger partial charge is 0.242 e. The maximum absolute atomic E-state index is 12.4. The fraction of sp³-hybridized carbons (Fsp3) is 0.467. The number of likely N-dealkylation sites (N-methyl/N-ethyl adjacent to an activating group) is 1. The van der Waals surface area contributed by atoms with E-state index in [0.29, 0.717) is 18.7 Å². The second kappa shape index (κ2) is 7.88. The molecule has 0 aromatic heterocycles. The average Bonchev–Trinajstić information content (AvgIpc) is 2.48. The van der Waals surface area contributed by atoms with Gasteiger partial charge in [-0.05, 0) is 37.0 Å². The largest absolute Gasteiger partial charge is 0.399 e. The quantitative estimate of drug-likeness (QED) is 0.828. The minimum atomic E-state index is -0.324. The molecule has 21 heavy (non-hydrogen) atoms. The summed E-state index contributed by atoms with van der Waals surface area (Å²) in [4.78, 5) is 26.0. The highest BCUT2D eigenvalue weighted by atomic mass is 35.5. The van der Waals surface area contributed by atoms with E-state index in [2.05, 4.69) is 5.32 Å². The number of benzene rings is 1. The lowest BCUT2D eigenvalue weighted by Crippen LogP contribution is -2.51. The third-order valence-corrected chi connectivity index (χ3v) is 3.71. The van der Waals surface area contributed by atoms with Crippen LogP contribution >= 0.6 is 12.4 Å². The number of hydrogen-bond acceptors (Lipinski definition) is 3. The van der Waals surface area contributed by atoms with Gasteiger partial charge in [-0.25, -0.2) is 0 Å². The van der Waals surface area contributed by atoms with Gasteiger partial charge in [0.25, 0.3) is 0 Å². The molecule has 5 nitrogen and oxygen atoms in total. The Morgan fingerprint density at radius 2 is 1.95 bits per heavy atom. The minimum absolute atomic E-state index is 0. The number of carbonyl (C=O) groups is 2. The van der Waals surface area contributed by atoms with Crippen molar-refractivity contribution in [3.05, 3.63) is 29.8 Å². The topological polar surface area (TPSA) is 75.4 Å². The summed E-state index contributed by atoms with van der Waals surface area (Å²) in [6, 6.07) is 6.96. The molecule has 0 saturated carbocycles.